The number of fused-ring (bicyclic) bond motifs is 5. The lowest BCUT2D eigenvalue weighted by Crippen LogP contribution is -3.00. The highest BCUT2D eigenvalue weighted by Gasteiger charge is 2.65. The maximum Gasteiger partial charge on any atom is 0.302 e. The third-order valence-electron chi connectivity index (χ3n) is 13.5. The van der Waals surface area contributed by atoms with Crippen molar-refractivity contribution in [3.8, 4) is 0 Å². The van der Waals surface area contributed by atoms with Crippen LogP contribution in [0.4, 0.5) is 0 Å². The molecule has 2 heterocycles. The molecule has 0 amide bonds. The molecule has 0 aromatic heterocycles. The number of rotatable bonds is 4. The number of Topliss-reactive ketones (excluding diaryl/α,β-unsaturated/α-hetero) is 1. The predicted octanol–water partition coefficient (Wildman–Crippen LogP) is 0.910. The van der Waals surface area contributed by atoms with Crippen LogP contribution in [0.15, 0.2) is 0 Å². The van der Waals surface area contributed by atoms with E-state index >= 15 is 0 Å². The van der Waals surface area contributed by atoms with Crippen LogP contribution >= 0.6 is 0 Å². The Morgan fingerprint density at radius 1 is 0.814 bits per heavy atom. The van der Waals surface area contributed by atoms with Gasteiger partial charge in [-0.25, -0.2) is 0 Å². The molecule has 0 N–H and O–H groups in total. The van der Waals surface area contributed by atoms with Crippen molar-refractivity contribution in [2.45, 2.75) is 110 Å². The van der Waals surface area contributed by atoms with Crippen molar-refractivity contribution in [2.75, 3.05) is 53.4 Å². The molecule has 2 saturated heterocycles. The molecular formula is C34H56BrN3O5. The first kappa shape index (κ1) is 33.3. The number of piperidine rings is 1. The van der Waals surface area contributed by atoms with Gasteiger partial charge in [-0.2, -0.15) is 0 Å². The third-order valence-corrected chi connectivity index (χ3v) is 13.5. The molecule has 4 saturated carbocycles. The number of hydrogen-bond donors (Lipinski definition) is 0. The second-order valence-corrected chi connectivity index (χ2v) is 16.2. The minimum absolute atomic E-state index is 0. The Kier molecular flexibility index (Phi) is 9.53. The van der Waals surface area contributed by atoms with Crippen LogP contribution in [0.25, 0.3) is 0 Å². The fourth-order valence-corrected chi connectivity index (χ4v) is 11.1. The third kappa shape index (κ3) is 6.10. The number of quaternary nitrogens is 1. The van der Waals surface area contributed by atoms with Crippen molar-refractivity contribution in [3.05, 3.63) is 0 Å². The van der Waals surface area contributed by atoms with Gasteiger partial charge in [0.2, 0.25) is 0 Å². The quantitative estimate of drug-likeness (QED) is 0.327. The number of carbonyl (C=O) groups excluding carboxylic acids is 3. The first-order valence-corrected chi connectivity index (χ1v) is 17.0. The smallest absolute Gasteiger partial charge is 0.302 e. The van der Waals surface area contributed by atoms with Crippen molar-refractivity contribution in [1.82, 2.24) is 9.80 Å². The molecule has 0 spiro atoms. The highest BCUT2D eigenvalue weighted by Crippen LogP contribution is 2.67. The molecule has 244 valence electrons. The zero-order chi connectivity index (χ0) is 30.0. The SMILES string of the molecule is CC(=O)O[C@H]1C[C@@H]2CC[C@@H]3[C@H](CC[C@@]4(C)[C@H]3C[C@H](N3CC[N+](C)(C)CC3)[C@@H]4OC(C)=O)[C@@]2(C)C[C@@H]1N1CCC(=O)CC1.[Br-]. The van der Waals surface area contributed by atoms with Crippen molar-refractivity contribution in [2.24, 2.45) is 34.5 Å². The summed E-state index contributed by atoms with van der Waals surface area (Å²) in [4.78, 5) is 41.9. The lowest BCUT2D eigenvalue weighted by atomic mass is 9.44. The second-order valence-electron chi connectivity index (χ2n) is 16.2. The minimum atomic E-state index is -0.183. The van der Waals surface area contributed by atoms with E-state index in [1.807, 2.05) is 0 Å². The lowest BCUT2D eigenvalue weighted by molar-refractivity contribution is -0.894. The standard InChI is InChI=1S/C34H56N3O5.BrH/c1-22(38)41-31-19-24-7-8-26-27(34(24,4)21-30(31)35-13-10-25(40)11-14-35)9-12-33(3)28(26)20-29(32(33)42-23(2)39)36-15-17-37(5,6)18-16-36;/h24,26-32H,7-21H2,1-6H3;1H/q+1;/p-1/t24-,26+,27-,28-,29-,30-,31-,32-,33-,34-;/m0./s1. The number of ether oxygens (including phenoxy) is 2. The van der Waals surface area contributed by atoms with Gasteiger partial charge in [0, 0.05) is 70.4 Å². The molecule has 0 unspecified atom stereocenters. The normalized spacial score (nSPS) is 44.7. The maximum atomic E-state index is 12.5. The summed E-state index contributed by atoms with van der Waals surface area (Å²) in [5.74, 6) is 2.42. The van der Waals surface area contributed by atoms with Gasteiger partial charge >= 0.3 is 11.9 Å². The average Bonchev–Trinajstić information content (AvgIpc) is 3.20. The monoisotopic (exact) mass is 665 g/mol. The molecule has 9 heteroatoms. The Morgan fingerprint density at radius 2 is 1.44 bits per heavy atom. The molecule has 10 atom stereocenters. The number of likely N-dealkylation sites (N-methyl/N-ethyl adjacent to an activating group) is 1. The minimum Gasteiger partial charge on any atom is -1.00 e. The van der Waals surface area contributed by atoms with E-state index < -0.39 is 0 Å². The van der Waals surface area contributed by atoms with Crippen LogP contribution in [0, 0.1) is 34.5 Å². The number of hydrogen-bond acceptors (Lipinski definition) is 7. The van der Waals surface area contributed by atoms with E-state index in [-0.39, 0.29) is 58.0 Å². The van der Waals surface area contributed by atoms with Gasteiger partial charge in [0.1, 0.15) is 18.0 Å². The van der Waals surface area contributed by atoms with Gasteiger partial charge in [0.25, 0.3) is 0 Å². The molecule has 0 bridgehead atoms. The van der Waals surface area contributed by atoms with Gasteiger partial charge in [0.15, 0.2) is 0 Å². The molecule has 0 radical (unpaired) electrons. The Bertz CT molecular complexity index is 1070. The fourth-order valence-electron chi connectivity index (χ4n) is 11.1. The Labute approximate surface area is 269 Å². The van der Waals surface area contributed by atoms with Crippen LogP contribution in [-0.2, 0) is 23.9 Å². The highest BCUT2D eigenvalue weighted by molar-refractivity contribution is 5.79. The van der Waals surface area contributed by atoms with Crippen LogP contribution in [0.5, 0.6) is 0 Å². The summed E-state index contributed by atoms with van der Waals surface area (Å²) in [6.45, 7) is 14.1. The molecule has 6 rings (SSSR count). The highest BCUT2D eigenvalue weighted by atomic mass is 79.9. The molecule has 0 aromatic carbocycles. The summed E-state index contributed by atoms with van der Waals surface area (Å²) >= 11 is 0. The maximum absolute atomic E-state index is 12.5. The summed E-state index contributed by atoms with van der Waals surface area (Å²) in [5.41, 5.74) is 0.207. The van der Waals surface area contributed by atoms with Crippen LogP contribution in [0.3, 0.4) is 0 Å². The van der Waals surface area contributed by atoms with Gasteiger partial charge in [-0.3, -0.25) is 24.2 Å². The van der Waals surface area contributed by atoms with Gasteiger partial charge in [-0.1, -0.05) is 13.8 Å². The van der Waals surface area contributed by atoms with E-state index in [0.29, 0.717) is 48.3 Å². The zero-order valence-electron chi connectivity index (χ0n) is 27.5. The van der Waals surface area contributed by atoms with Gasteiger partial charge in [-0.15, -0.1) is 0 Å². The van der Waals surface area contributed by atoms with Gasteiger partial charge in [-0.05, 0) is 74.0 Å². The second kappa shape index (κ2) is 12.3. The molecular weight excluding hydrogens is 610 g/mol. The number of carbonyl (C=O) groups is 3. The summed E-state index contributed by atoms with van der Waals surface area (Å²) < 4.78 is 13.4. The Morgan fingerprint density at radius 3 is 2.07 bits per heavy atom. The lowest BCUT2D eigenvalue weighted by Gasteiger charge is -2.62. The first-order chi connectivity index (χ1) is 19.8. The van der Waals surface area contributed by atoms with E-state index in [0.717, 1.165) is 69.4 Å². The van der Waals surface area contributed by atoms with E-state index in [9.17, 15) is 14.4 Å². The number of nitrogens with zero attached hydrogens (tertiary/aromatic N) is 3. The number of piperazine rings is 1. The Hall–Kier alpha value is -1.03. The van der Waals surface area contributed by atoms with Crippen molar-refractivity contribution >= 4 is 17.7 Å². The molecule has 6 fully saturated rings. The number of ketones is 1. The summed E-state index contributed by atoms with van der Waals surface area (Å²) in [5, 5.41) is 0. The van der Waals surface area contributed by atoms with E-state index in [2.05, 4.69) is 37.7 Å². The summed E-state index contributed by atoms with van der Waals surface area (Å²) in [6, 6.07) is 0.502. The number of likely N-dealkylation sites (tertiary alicyclic amines) is 1. The molecule has 2 aliphatic heterocycles. The molecule has 4 aliphatic carbocycles. The van der Waals surface area contributed by atoms with E-state index in [1.54, 1.807) is 13.8 Å². The fraction of sp³-hybridized carbons (Fsp3) is 0.912. The van der Waals surface area contributed by atoms with Crippen LogP contribution in [0.2, 0.25) is 0 Å². The van der Waals surface area contributed by atoms with Gasteiger partial charge < -0.3 is 30.9 Å². The Balaban J connectivity index is 0.00000368. The van der Waals surface area contributed by atoms with Crippen molar-refractivity contribution in [1.29, 1.82) is 0 Å². The van der Waals surface area contributed by atoms with Crippen LogP contribution < -0.4 is 17.0 Å². The zero-order valence-corrected chi connectivity index (χ0v) is 29.1. The largest absolute Gasteiger partial charge is 1.00 e. The van der Waals surface area contributed by atoms with E-state index in [4.69, 9.17) is 9.47 Å². The molecule has 6 aliphatic rings. The van der Waals surface area contributed by atoms with Crippen molar-refractivity contribution < 1.29 is 45.3 Å². The van der Waals surface area contributed by atoms with E-state index in [1.165, 1.54) is 19.3 Å². The number of esters is 2. The predicted molar refractivity (Wildman–Crippen MR) is 160 cm³/mol. The molecule has 0 aromatic rings. The van der Waals surface area contributed by atoms with Crippen molar-refractivity contribution in [3.63, 3.8) is 0 Å². The molecule has 8 nitrogen and oxygen atoms in total. The van der Waals surface area contributed by atoms with Crippen LogP contribution in [0.1, 0.15) is 85.5 Å². The number of halogens is 1. The first-order valence-electron chi connectivity index (χ1n) is 17.0. The topological polar surface area (TPSA) is 76.2 Å². The molecule has 43 heavy (non-hydrogen) atoms. The summed E-state index contributed by atoms with van der Waals surface area (Å²) in [7, 11) is 4.65. The summed E-state index contributed by atoms with van der Waals surface area (Å²) in [6.07, 6.45) is 8.95. The average molecular weight is 667 g/mol. The van der Waals surface area contributed by atoms with Gasteiger partial charge in [0.05, 0.1) is 27.2 Å². The van der Waals surface area contributed by atoms with Crippen LogP contribution in [-0.4, -0.2) is 110 Å².